The van der Waals surface area contributed by atoms with Gasteiger partial charge in [-0.2, -0.15) is 0 Å². The molecular weight excluding hydrogens is 312 g/mol. The molecule has 0 saturated heterocycles. The van der Waals surface area contributed by atoms with Crippen LogP contribution >= 0.6 is 27.5 Å². The van der Waals surface area contributed by atoms with Crippen molar-refractivity contribution < 1.29 is 4.74 Å². The topological polar surface area (TPSA) is 9.23 Å². The molecule has 0 aromatic heterocycles. The predicted molar refractivity (Wildman–Crippen MR) is 82.3 cm³/mol. The first-order valence-electron chi connectivity index (χ1n) is 6.38. The average molecular weight is 332 g/mol. The molecule has 100 valence electrons. The van der Waals surface area contributed by atoms with Gasteiger partial charge in [-0.25, -0.2) is 0 Å². The molecule has 3 heteroatoms. The number of hydrogen-bond donors (Lipinski definition) is 0. The van der Waals surface area contributed by atoms with Gasteiger partial charge in [0.05, 0.1) is 17.6 Å². The van der Waals surface area contributed by atoms with Crippen LogP contribution in [0.2, 0.25) is 0 Å². The van der Waals surface area contributed by atoms with Crippen molar-refractivity contribution in [2.75, 3.05) is 0 Å². The van der Waals surface area contributed by atoms with E-state index in [1.807, 2.05) is 6.08 Å². The van der Waals surface area contributed by atoms with Gasteiger partial charge in [0.25, 0.3) is 0 Å². The second-order valence-corrected chi connectivity index (χ2v) is 6.14. The minimum Gasteiger partial charge on any atom is -0.372 e. The molecule has 0 aliphatic carbocycles. The highest BCUT2D eigenvalue weighted by atomic mass is 79.9. The van der Waals surface area contributed by atoms with Crippen molar-refractivity contribution in [1.29, 1.82) is 0 Å². The van der Waals surface area contributed by atoms with Crippen LogP contribution in [0.25, 0.3) is 0 Å². The van der Waals surface area contributed by atoms with E-state index in [1.54, 1.807) is 6.08 Å². The Bertz CT molecular complexity index is 332. The lowest BCUT2D eigenvalue weighted by atomic mass is 10.1. The van der Waals surface area contributed by atoms with E-state index in [9.17, 15) is 0 Å². The van der Waals surface area contributed by atoms with Crippen molar-refractivity contribution in [3.63, 3.8) is 0 Å². The van der Waals surface area contributed by atoms with Gasteiger partial charge in [-0.3, -0.25) is 0 Å². The molecule has 4 atom stereocenters. The van der Waals surface area contributed by atoms with Crippen LogP contribution in [-0.4, -0.2) is 22.4 Å². The minimum atomic E-state index is -0.00414. The Labute approximate surface area is 124 Å². The first kappa shape index (κ1) is 15.8. The van der Waals surface area contributed by atoms with Gasteiger partial charge in [0.1, 0.15) is 0 Å². The maximum absolute atomic E-state index is 6.40. The zero-order chi connectivity index (χ0) is 13.4. The first-order valence-corrected chi connectivity index (χ1v) is 7.74. The highest BCUT2D eigenvalue weighted by Crippen LogP contribution is 2.26. The highest BCUT2D eigenvalue weighted by molar-refractivity contribution is 9.09. The molecule has 0 fully saturated rings. The summed E-state index contributed by atoms with van der Waals surface area (Å²) in [5.41, 5.74) is 0. The maximum Gasteiger partial charge on any atom is 0.0780 e. The molecule has 1 aliphatic heterocycles. The summed E-state index contributed by atoms with van der Waals surface area (Å²) in [5.74, 6) is 2.49. The Kier molecular flexibility index (Phi) is 7.74. The van der Waals surface area contributed by atoms with Crippen LogP contribution in [0.5, 0.6) is 0 Å². The van der Waals surface area contributed by atoms with E-state index in [0.29, 0.717) is 4.83 Å². The second-order valence-electron chi connectivity index (χ2n) is 4.40. The fraction of sp³-hybridized carbons (Fsp3) is 0.600. The Morgan fingerprint density at radius 3 is 2.83 bits per heavy atom. The van der Waals surface area contributed by atoms with Gasteiger partial charge >= 0.3 is 0 Å². The monoisotopic (exact) mass is 330 g/mol. The molecule has 0 spiro atoms. The molecule has 0 radical (unpaired) electrons. The van der Waals surface area contributed by atoms with Crippen molar-refractivity contribution in [1.82, 2.24) is 0 Å². The molecule has 0 saturated carbocycles. The molecule has 0 aromatic rings. The number of terminal acetylenes is 1. The fourth-order valence-electron chi connectivity index (χ4n) is 1.98. The molecule has 18 heavy (non-hydrogen) atoms. The lowest BCUT2D eigenvalue weighted by Gasteiger charge is -2.28. The van der Waals surface area contributed by atoms with Gasteiger partial charge in [-0.1, -0.05) is 47.0 Å². The molecule has 0 aromatic carbocycles. The van der Waals surface area contributed by atoms with E-state index >= 15 is 0 Å². The van der Waals surface area contributed by atoms with Crippen LogP contribution in [0.4, 0.5) is 0 Å². The zero-order valence-electron chi connectivity index (χ0n) is 10.7. The third-order valence-corrected chi connectivity index (χ3v) is 4.45. The van der Waals surface area contributed by atoms with Crippen molar-refractivity contribution in [3.05, 3.63) is 24.3 Å². The summed E-state index contributed by atoms with van der Waals surface area (Å²) in [5, 5.41) is -0.00414. The van der Waals surface area contributed by atoms with Crippen LogP contribution < -0.4 is 0 Å². The van der Waals surface area contributed by atoms with Gasteiger partial charge in [0, 0.05) is 4.83 Å². The predicted octanol–water partition coefficient (Wildman–Crippen LogP) is 4.45. The summed E-state index contributed by atoms with van der Waals surface area (Å²) in [7, 11) is 0. The lowest BCUT2D eigenvalue weighted by Crippen LogP contribution is -2.33. The normalized spacial score (nSPS) is 35.4. The summed E-state index contributed by atoms with van der Waals surface area (Å²) in [6.45, 7) is 2.14. The third-order valence-electron chi connectivity index (χ3n) is 3.03. The van der Waals surface area contributed by atoms with E-state index in [2.05, 4.69) is 40.9 Å². The fourth-order valence-corrected chi connectivity index (χ4v) is 2.96. The molecule has 0 amide bonds. The van der Waals surface area contributed by atoms with Gasteiger partial charge in [0.15, 0.2) is 0 Å². The summed E-state index contributed by atoms with van der Waals surface area (Å²) >= 11 is 10.1. The number of hydrogen-bond acceptors (Lipinski definition) is 1. The Balaban J connectivity index is 2.73. The van der Waals surface area contributed by atoms with Crippen molar-refractivity contribution in [2.24, 2.45) is 0 Å². The standard InChI is InChI=1S/C15H20BrClO/c1-3-5-6-11-15-13(17)10-8-7-9-12(16)14(4-2)18-15/h1,5-8,12-15H,4,9-11H2,2H3/b6-5-,8-7-/t12?,13-,14+,15-/m0/s1. The van der Waals surface area contributed by atoms with Gasteiger partial charge in [0.2, 0.25) is 0 Å². The zero-order valence-corrected chi connectivity index (χ0v) is 13.0. The van der Waals surface area contributed by atoms with Crippen LogP contribution in [0.1, 0.15) is 32.6 Å². The minimum absolute atomic E-state index is 0.00414. The van der Waals surface area contributed by atoms with Gasteiger partial charge < -0.3 is 4.74 Å². The first-order chi connectivity index (χ1) is 8.69. The smallest absolute Gasteiger partial charge is 0.0780 e. The van der Waals surface area contributed by atoms with Crippen LogP contribution in [0.3, 0.4) is 0 Å². The number of rotatable bonds is 3. The second kappa shape index (κ2) is 8.80. The van der Waals surface area contributed by atoms with E-state index in [1.165, 1.54) is 0 Å². The van der Waals surface area contributed by atoms with Crippen LogP contribution in [-0.2, 0) is 4.74 Å². The van der Waals surface area contributed by atoms with Crippen LogP contribution in [0, 0.1) is 12.3 Å². The van der Waals surface area contributed by atoms with Crippen LogP contribution in [0.15, 0.2) is 24.3 Å². The van der Waals surface area contributed by atoms with Gasteiger partial charge in [-0.05, 0) is 31.8 Å². The average Bonchev–Trinajstić information content (AvgIpc) is 2.43. The molecule has 1 rings (SSSR count). The SMILES string of the molecule is C#C/C=C\C[C@@H]1O[C@H](CC)C(Br)C/C=C\C[C@@H]1Cl. The summed E-state index contributed by atoms with van der Waals surface area (Å²) in [4.78, 5) is 0.347. The van der Waals surface area contributed by atoms with Crippen molar-refractivity contribution >= 4 is 27.5 Å². The number of alkyl halides is 2. The Morgan fingerprint density at radius 2 is 2.17 bits per heavy atom. The summed E-state index contributed by atoms with van der Waals surface area (Å²) in [6, 6.07) is 0. The van der Waals surface area contributed by atoms with E-state index in [4.69, 9.17) is 22.8 Å². The molecular formula is C15H20BrClO. The van der Waals surface area contributed by atoms with Crippen molar-refractivity contribution in [3.8, 4) is 12.3 Å². The van der Waals surface area contributed by atoms with Crippen molar-refractivity contribution in [2.45, 2.75) is 55.0 Å². The Hall–Kier alpha value is -0.230. The quantitative estimate of drug-likeness (QED) is 0.422. The molecule has 0 N–H and O–H groups in total. The van der Waals surface area contributed by atoms with E-state index < -0.39 is 0 Å². The number of halogens is 2. The molecule has 1 aliphatic rings. The third kappa shape index (κ3) is 5.18. The highest BCUT2D eigenvalue weighted by Gasteiger charge is 2.26. The summed E-state index contributed by atoms with van der Waals surface area (Å²) in [6.07, 6.45) is 17.0. The number of ether oxygens (including phenoxy) is 1. The molecule has 1 nitrogen and oxygen atoms in total. The lowest BCUT2D eigenvalue weighted by molar-refractivity contribution is -0.0123. The Morgan fingerprint density at radius 1 is 1.44 bits per heavy atom. The molecule has 0 bridgehead atoms. The van der Waals surface area contributed by atoms with Gasteiger partial charge in [-0.15, -0.1) is 18.0 Å². The number of allylic oxidation sites excluding steroid dienone is 3. The maximum atomic E-state index is 6.40. The molecule has 1 unspecified atom stereocenters. The molecule has 1 heterocycles. The largest absolute Gasteiger partial charge is 0.372 e. The van der Waals surface area contributed by atoms with E-state index in [0.717, 1.165) is 25.7 Å². The summed E-state index contributed by atoms with van der Waals surface area (Å²) < 4.78 is 6.15. The van der Waals surface area contributed by atoms with E-state index in [-0.39, 0.29) is 17.6 Å².